The van der Waals surface area contributed by atoms with Crippen molar-refractivity contribution < 1.29 is 19.2 Å². The lowest BCUT2D eigenvalue weighted by atomic mass is 9.80. The number of unbranched alkanes of at least 4 members (excludes halogenated alkanes) is 1. The molecular weight excluding hydrogens is 420 g/mol. The highest BCUT2D eigenvalue weighted by Gasteiger charge is 2.56. The van der Waals surface area contributed by atoms with Crippen molar-refractivity contribution in [3.63, 3.8) is 0 Å². The van der Waals surface area contributed by atoms with Crippen LogP contribution < -0.4 is 5.32 Å². The van der Waals surface area contributed by atoms with Crippen LogP contribution in [-0.2, 0) is 24.6 Å². The number of likely N-dealkylation sites (N-methyl/N-ethyl adjacent to an activating group) is 1. The van der Waals surface area contributed by atoms with Crippen molar-refractivity contribution in [2.75, 3.05) is 18.9 Å². The predicted octanol–water partition coefficient (Wildman–Crippen LogP) is 2.63. The van der Waals surface area contributed by atoms with E-state index in [2.05, 4.69) is 11.4 Å². The van der Waals surface area contributed by atoms with Crippen LogP contribution in [0.15, 0.2) is 24.3 Å². The average Bonchev–Trinajstić information content (AvgIpc) is 3.30. The molecule has 3 atom stereocenters. The molecule has 8 nitrogen and oxygen atoms in total. The monoisotopic (exact) mass is 452 g/mol. The van der Waals surface area contributed by atoms with E-state index in [1.165, 1.54) is 16.8 Å². The van der Waals surface area contributed by atoms with Crippen LogP contribution in [0.5, 0.6) is 0 Å². The Morgan fingerprint density at radius 1 is 1.30 bits per heavy atom. The zero-order valence-corrected chi connectivity index (χ0v) is 20.0. The highest BCUT2D eigenvalue weighted by molar-refractivity contribution is 6.38. The lowest BCUT2D eigenvalue weighted by Gasteiger charge is -2.33. The molecular formula is C25H32N4O4. The number of carbonyl (C=O) groups excluding carboxylic acids is 4. The minimum Gasteiger partial charge on any atom is -0.327 e. The first-order valence-electron chi connectivity index (χ1n) is 11.4. The van der Waals surface area contributed by atoms with Crippen molar-refractivity contribution in [3.8, 4) is 6.07 Å². The van der Waals surface area contributed by atoms with Gasteiger partial charge in [-0.25, -0.2) is 0 Å². The summed E-state index contributed by atoms with van der Waals surface area (Å²) in [7, 11) is 1.47. The van der Waals surface area contributed by atoms with Crippen molar-refractivity contribution in [3.05, 3.63) is 29.8 Å². The highest BCUT2D eigenvalue weighted by Crippen LogP contribution is 2.46. The van der Waals surface area contributed by atoms with Gasteiger partial charge in [0.25, 0.3) is 5.91 Å². The number of ketones is 1. The number of carbonyl (C=O) groups is 4. The van der Waals surface area contributed by atoms with Gasteiger partial charge in [0.05, 0.1) is 11.5 Å². The van der Waals surface area contributed by atoms with Gasteiger partial charge in [0, 0.05) is 31.1 Å². The first-order chi connectivity index (χ1) is 15.5. The van der Waals surface area contributed by atoms with Crippen molar-refractivity contribution in [1.82, 2.24) is 9.80 Å². The largest absolute Gasteiger partial charge is 0.327 e. The molecule has 3 amide bonds. The number of amides is 3. The summed E-state index contributed by atoms with van der Waals surface area (Å²) >= 11 is 0. The molecule has 0 radical (unpaired) electrons. The Kier molecular flexibility index (Phi) is 6.64. The van der Waals surface area contributed by atoms with Crippen molar-refractivity contribution in [2.45, 2.75) is 70.9 Å². The topological polar surface area (TPSA) is 111 Å². The molecule has 0 aromatic heterocycles. The number of likely N-dealkylation sites (tertiary alicyclic amines) is 1. The summed E-state index contributed by atoms with van der Waals surface area (Å²) in [5, 5.41) is 12.7. The minimum atomic E-state index is -0.994. The van der Waals surface area contributed by atoms with E-state index in [4.69, 9.17) is 0 Å². The van der Waals surface area contributed by atoms with E-state index in [-0.39, 0.29) is 18.9 Å². The summed E-state index contributed by atoms with van der Waals surface area (Å²) < 4.78 is 0. The zero-order valence-electron chi connectivity index (χ0n) is 20.0. The Labute approximate surface area is 194 Å². The molecule has 1 fully saturated rings. The molecule has 1 saturated heterocycles. The van der Waals surface area contributed by atoms with Gasteiger partial charge in [0.15, 0.2) is 0 Å². The highest BCUT2D eigenvalue weighted by atomic mass is 16.2. The quantitative estimate of drug-likeness (QED) is 0.667. The molecule has 2 heterocycles. The number of anilines is 1. The van der Waals surface area contributed by atoms with Crippen molar-refractivity contribution in [1.29, 1.82) is 5.26 Å². The molecule has 33 heavy (non-hydrogen) atoms. The van der Waals surface area contributed by atoms with Crippen LogP contribution in [0.1, 0.15) is 58.9 Å². The average molecular weight is 453 g/mol. The fourth-order valence-corrected chi connectivity index (χ4v) is 4.68. The summed E-state index contributed by atoms with van der Waals surface area (Å²) in [6.45, 7) is 7.03. The third kappa shape index (κ3) is 4.24. The van der Waals surface area contributed by atoms with Crippen LogP contribution in [0.25, 0.3) is 0 Å². The molecule has 1 spiro atoms. The predicted molar refractivity (Wildman–Crippen MR) is 123 cm³/mol. The molecule has 2 aliphatic heterocycles. The molecule has 176 valence electrons. The molecule has 0 saturated carbocycles. The van der Waals surface area contributed by atoms with Crippen LogP contribution in [0.2, 0.25) is 0 Å². The first kappa shape index (κ1) is 24.4. The third-order valence-corrected chi connectivity index (χ3v) is 6.70. The van der Waals surface area contributed by atoms with E-state index >= 15 is 0 Å². The van der Waals surface area contributed by atoms with Crippen LogP contribution in [-0.4, -0.2) is 59.0 Å². The number of nitrogens with zero attached hydrogens (tertiary/aromatic N) is 3. The molecule has 0 bridgehead atoms. The van der Waals surface area contributed by atoms with Gasteiger partial charge >= 0.3 is 0 Å². The van der Waals surface area contributed by atoms with Gasteiger partial charge in [-0.3, -0.25) is 19.2 Å². The van der Waals surface area contributed by atoms with Gasteiger partial charge in [-0.1, -0.05) is 58.7 Å². The fourth-order valence-electron chi connectivity index (χ4n) is 4.68. The second kappa shape index (κ2) is 8.97. The molecule has 1 aromatic carbocycles. The summed E-state index contributed by atoms with van der Waals surface area (Å²) in [4.78, 5) is 54.9. The summed E-state index contributed by atoms with van der Waals surface area (Å²) in [6, 6.07) is 7.81. The van der Waals surface area contributed by atoms with Gasteiger partial charge in [-0.2, -0.15) is 5.26 Å². The second-order valence-electron chi connectivity index (χ2n) is 10.1. The number of fused-ring (bicyclic) bond motifs is 2. The lowest BCUT2D eigenvalue weighted by molar-refractivity contribution is -0.153. The van der Waals surface area contributed by atoms with E-state index < -0.39 is 40.5 Å². The Morgan fingerprint density at radius 2 is 1.97 bits per heavy atom. The Bertz CT molecular complexity index is 1020. The number of hydrogen-bond acceptors (Lipinski definition) is 5. The SMILES string of the molecule is CCCC[C@@H](C(=O)N1C[C@]2(C[C@H]1C#N)C(=O)Nc1ccccc12)N(C)C(=O)C(=O)C(C)(C)C. The van der Waals surface area contributed by atoms with Gasteiger partial charge in [0.2, 0.25) is 17.6 Å². The van der Waals surface area contributed by atoms with Gasteiger partial charge in [-0.15, -0.1) is 0 Å². The Morgan fingerprint density at radius 3 is 2.58 bits per heavy atom. The van der Waals surface area contributed by atoms with Crippen LogP contribution in [0.4, 0.5) is 5.69 Å². The van der Waals surface area contributed by atoms with E-state index in [0.29, 0.717) is 18.5 Å². The number of nitriles is 1. The molecule has 2 aliphatic rings. The first-order valence-corrected chi connectivity index (χ1v) is 11.4. The zero-order chi connectivity index (χ0) is 24.6. The van der Waals surface area contributed by atoms with E-state index in [0.717, 1.165) is 12.0 Å². The summed E-state index contributed by atoms with van der Waals surface area (Å²) in [5.74, 6) is -1.92. The van der Waals surface area contributed by atoms with Gasteiger partial charge < -0.3 is 15.1 Å². The maximum absolute atomic E-state index is 13.7. The number of benzene rings is 1. The maximum atomic E-state index is 13.7. The number of nitrogens with one attached hydrogen (secondary N) is 1. The standard InChI is InChI=1S/C25H32N4O4/c1-6-7-12-19(28(5)22(32)20(30)24(2,3)4)21(31)29-15-25(13-16(29)14-26)17-10-8-9-11-18(17)27-23(25)33/h8-11,16,19H,6-7,12-13,15H2,1-5H3,(H,27,33)/t16-,19-,25-/m0/s1. The number of rotatable bonds is 6. The molecule has 0 aliphatic carbocycles. The Hall–Kier alpha value is -3.21. The minimum absolute atomic E-state index is 0.0603. The normalized spacial score (nSPS) is 22.5. The van der Waals surface area contributed by atoms with Crippen molar-refractivity contribution in [2.24, 2.45) is 5.41 Å². The smallest absolute Gasteiger partial charge is 0.290 e. The molecule has 0 unspecified atom stereocenters. The summed E-state index contributed by atoms with van der Waals surface area (Å²) in [6.07, 6.45) is 2.05. The molecule has 1 N–H and O–H groups in total. The number of hydrogen-bond donors (Lipinski definition) is 1. The Balaban J connectivity index is 1.93. The third-order valence-electron chi connectivity index (χ3n) is 6.70. The second-order valence-corrected chi connectivity index (χ2v) is 10.1. The van der Waals surface area contributed by atoms with Crippen LogP contribution in [0.3, 0.4) is 0 Å². The number of para-hydroxylation sites is 1. The van der Waals surface area contributed by atoms with Crippen molar-refractivity contribution >= 4 is 29.2 Å². The van der Waals surface area contributed by atoms with Crippen LogP contribution >= 0.6 is 0 Å². The van der Waals surface area contributed by atoms with Gasteiger partial charge in [0.1, 0.15) is 12.1 Å². The van der Waals surface area contributed by atoms with E-state index in [1.807, 2.05) is 31.2 Å². The maximum Gasteiger partial charge on any atom is 0.290 e. The number of Topliss-reactive ketones (excluding diaryl/α,β-unsaturated/α-hetero) is 1. The summed E-state index contributed by atoms with van der Waals surface area (Å²) in [5.41, 5.74) is -0.393. The fraction of sp³-hybridized carbons (Fsp3) is 0.560. The molecule has 1 aromatic rings. The van der Waals surface area contributed by atoms with Gasteiger partial charge in [-0.05, 0) is 18.1 Å². The van der Waals surface area contributed by atoms with E-state index in [1.54, 1.807) is 20.8 Å². The molecule has 3 rings (SSSR count). The molecule has 8 heteroatoms. The lowest BCUT2D eigenvalue weighted by Crippen LogP contribution is -2.53. The van der Waals surface area contributed by atoms with Crippen LogP contribution in [0, 0.1) is 16.7 Å². The van der Waals surface area contributed by atoms with E-state index in [9.17, 15) is 24.4 Å².